The molecule has 1 N–H and O–H groups in total. The predicted octanol–water partition coefficient (Wildman–Crippen LogP) is 4.63. The third-order valence-corrected chi connectivity index (χ3v) is 3.84. The molecule has 0 unspecified atom stereocenters. The molecule has 3 nitrogen and oxygen atoms in total. The van der Waals surface area contributed by atoms with Crippen LogP contribution in [0, 0.1) is 0 Å². The number of aromatic nitrogens is 1. The third-order valence-electron chi connectivity index (χ3n) is 3.84. The molecule has 2 aromatic carbocycles. The summed E-state index contributed by atoms with van der Waals surface area (Å²) >= 11 is 0. The van der Waals surface area contributed by atoms with Crippen molar-refractivity contribution in [3.8, 4) is 5.69 Å². The minimum Gasteiger partial charge on any atom is -0.478 e. The van der Waals surface area contributed by atoms with E-state index in [1.165, 1.54) is 5.56 Å². The number of hydrogen-bond donors (Lipinski definition) is 1. The summed E-state index contributed by atoms with van der Waals surface area (Å²) in [7, 11) is 0. The van der Waals surface area contributed by atoms with Crippen molar-refractivity contribution >= 4 is 16.9 Å². The number of nitrogens with zero attached hydrogens (tertiary/aromatic N) is 1. The molecule has 0 radical (unpaired) electrons. The maximum Gasteiger partial charge on any atom is 0.337 e. The molecule has 0 aliphatic rings. The van der Waals surface area contributed by atoms with Crippen LogP contribution in [0.1, 0.15) is 38.1 Å². The zero-order valence-electron chi connectivity index (χ0n) is 13.9. The van der Waals surface area contributed by atoms with Gasteiger partial charge in [-0.05, 0) is 29.2 Å². The normalized spacial score (nSPS) is 12.4. The highest BCUT2D eigenvalue weighted by Gasteiger charge is 2.16. The first-order valence-electron chi connectivity index (χ1n) is 7.75. The van der Waals surface area contributed by atoms with Crippen LogP contribution in [0.3, 0.4) is 0 Å². The average molecular weight is 294 g/mol. The molecule has 0 spiro atoms. The Balaban J connectivity index is 2.24. The fraction of sp³-hybridized carbons (Fsp3) is 0.211. The van der Waals surface area contributed by atoms with E-state index in [9.17, 15) is 9.90 Å². The van der Waals surface area contributed by atoms with E-state index >= 15 is 0 Å². The van der Waals surface area contributed by atoms with E-state index in [0.717, 1.165) is 11.2 Å². The van der Waals surface area contributed by atoms with Gasteiger partial charge in [0.05, 0.1) is 12.5 Å². The molecule has 0 saturated heterocycles. The number of hydrogen-bond acceptors (Lipinski definition) is 1. The van der Waals surface area contributed by atoms with E-state index in [0.29, 0.717) is 5.39 Å². The lowest BCUT2D eigenvalue weighted by Gasteiger charge is -2.19. The van der Waals surface area contributed by atoms with Crippen LogP contribution < -0.4 is 0 Å². The molecule has 0 bridgehead atoms. The lowest BCUT2D eigenvalue weighted by Crippen LogP contribution is -2.10. The molecule has 1 aromatic heterocycles. The van der Waals surface area contributed by atoms with Gasteiger partial charge >= 0.3 is 5.97 Å². The Kier molecular flexibility index (Phi) is 3.00. The summed E-state index contributed by atoms with van der Waals surface area (Å²) in [6.07, 6.45) is 0.00205. The molecule has 0 atom stereocenters. The SMILES string of the molecule is [2H]c1c(C(=O)O)c2ccccc2n1-c1ccc(C(C)(C)C)cc1. The number of carboxylic acids is 1. The van der Waals surface area contributed by atoms with Crippen LogP contribution in [0.5, 0.6) is 0 Å². The largest absolute Gasteiger partial charge is 0.478 e. The van der Waals surface area contributed by atoms with Crippen molar-refractivity contribution in [2.45, 2.75) is 26.2 Å². The van der Waals surface area contributed by atoms with Gasteiger partial charge in [0.25, 0.3) is 0 Å². The quantitative estimate of drug-likeness (QED) is 0.749. The minimum atomic E-state index is -1.07. The van der Waals surface area contributed by atoms with E-state index in [-0.39, 0.29) is 17.2 Å². The highest BCUT2D eigenvalue weighted by atomic mass is 16.4. The van der Waals surface area contributed by atoms with Crippen LogP contribution in [-0.4, -0.2) is 15.6 Å². The average Bonchev–Trinajstić information content (AvgIpc) is 2.78. The summed E-state index contributed by atoms with van der Waals surface area (Å²) < 4.78 is 9.99. The van der Waals surface area contributed by atoms with Gasteiger partial charge in [0.15, 0.2) is 0 Å². The number of fused-ring (bicyclic) bond motifs is 1. The predicted molar refractivity (Wildman–Crippen MR) is 88.9 cm³/mol. The van der Waals surface area contributed by atoms with Crippen LogP contribution in [0.15, 0.2) is 54.7 Å². The van der Waals surface area contributed by atoms with Crippen LogP contribution in [0.4, 0.5) is 0 Å². The lowest BCUT2D eigenvalue weighted by molar-refractivity contribution is 0.0699. The van der Waals surface area contributed by atoms with E-state index < -0.39 is 5.97 Å². The number of rotatable bonds is 2. The summed E-state index contributed by atoms with van der Waals surface area (Å²) in [5.41, 5.74) is 2.82. The molecule has 3 rings (SSSR count). The summed E-state index contributed by atoms with van der Waals surface area (Å²) in [6.45, 7) is 6.43. The molecule has 0 saturated carbocycles. The zero-order chi connectivity index (χ0) is 16.8. The van der Waals surface area contributed by atoms with Gasteiger partial charge < -0.3 is 9.67 Å². The molecule has 112 valence electrons. The maximum atomic E-state index is 11.5. The van der Waals surface area contributed by atoms with Crippen LogP contribution >= 0.6 is 0 Å². The molecular formula is C19H19NO2. The molecule has 3 heteroatoms. The molecule has 0 fully saturated rings. The van der Waals surface area contributed by atoms with Crippen molar-refractivity contribution in [1.82, 2.24) is 4.57 Å². The van der Waals surface area contributed by atoms with Crippen molar-refractivity contribution in [1.29, 1.82) is 0 Å². The van der Waals surface area contributed by atoms with Crippen molar-refractivity contribution in [2.24, 2.45) is 0 Å². The fourth-order valence-corrected chi connectivity index (χ4v) is 2.59. The van der Waals surface area contributed by atoms with E-state index in [1.54, 1.807) is 16.7 Å². The summed E-state index contributed by atoms with van der Waals surface area (Å²) in [4.78, 5) is 11.5. The van der Waals surface area contributed by atoms with Gasteiger partial charge in [-0.15, -0.1) is 0 Å². The first kappa shape index (κ1) is 13.1. The fourth-order valence-electron chi connectivity index (χ4n) is 2.59. The van der Waals surface area contributed by atoms with Crippen molar-refractivity contribution in [2.75, 3.05) is 0 Å². The van der Waals surface area contributed by atoms with Gasteiger partial charge in [0.2, 0.25) is 0 Å². The molecule has 0 aliphatic carbocycles. The second-order valence-corrected chi connectivity index (χ2v) is 6.44. The van der Waals surface area contributed by atoms with Gasteiger partial charge in [0.1, 0.15) is 0 Å². The number of carbonyl (C=O) groups is 1. The highest BCUT2D eigenvalue weighted by molar-refractivity contribution is 6.04. The molecule has 0 aliphatic heterocycles. The Hall–Kier alpha value is -2.55. The standard InChI is InChI=1S/C19H19NO2/c1-19(2,3)13-8-10-14(11-9-13)20-12-16(18(21)22)15-6-4-5-7-17(15)20/h4-12H,1-3H3,(H,21,22)/i12D. The Bertz CT molecular complexity index is 886. The molecular weight excluding hydrogens is 274 g/mol. The maximum absolute atomic E-state index is 11.5. The zero-order valence-corrected chi connectivity index (χ0v) is 12.9. The van der Waals surface area contributed by atoms with Gasteiger partial charge in [-0.1, -0.05) is 51.1 Å². The summed E-state index contributed by atoms with van der Waals surface area (Å²) in [5, 5.41) is 10.0. The second-order valence-electron chi connectivity index (χ2n) is 6.44. The summed E-state index contributed by atoms with van der Waals surface area (Å²) in [6, 6.07) is 15.2. The number of aromatic carboxylic acids is 1. The first-order chi connectivity index (χ1) is 10.8. The number of carboxylic acid groups (broad SMARTS) is 1. The monoisotopic (exact) mass is 294 g/mol. The Morgan fingerprint density at radius 2 is 1.73 bits per heavy atom. The van der Waals surface area contributed by atoms with Crippen LogP contribution in [-0.2, 0) is 5.41 Å². The number of benzene rings is 2. The van der Waals surface area contributed by atoms with Crippen LogP contribution in [0.25, 0.3) is 16.6 Å². The molecule has 0 amide bonds. The van der Waals surface area contributed by atoms with Gasteiger partial charge in [-0.3, -0.25) is 0 Å². The van der Waals surface area contributed by atoms with Crippen molar-refractivity contribution in [3.63, 3.8) is 0 Å². The van der Waals surface area contributed by atoms with Gasteiger partial charge in [-0.2, -0.15) is 0 Å². The minimum absolute atomic E-state index is 0.00205. The molecule has 22 heavy (non-hydrogen) atoms. The highest BCUT2D eigenvalue weighted by Crippen LogP contribution is 2.27. The first-order valence-corrected chi connectivity index (χ1v) is 7.25. The van der Waals surface area contributed by atoms with Crippen LogP contribution in [0.2, 0.25) is 0 Å². The molecule has 3 aromatic rings. The Morgan fingerprint density at radius 3 is 2.32 bits per heavy atom. The van der Waals surface area contributed by atoms with E-state index in [2.05, 4.69) is 20.8 Å². The Morgan fingerprint density at radius 1 is 1.09 bits per heavy atom. The second kappa shape index (κ2) is 5.02. The molecule has 1 heterocycles. The van der Waals surface area contributed by atoms with E-state index in [4.69, 9.17) is 1.37 Å². The lowest BCUT2D eigenvalue weighted by atomic mass is 9.87. The van der Waals surface area contributed by atoms with Gasteiger partial charge in [-0.25, -0.2) is 4.79 Å². The van der Waals surface area contributed by atoms with Crippen molar-refractivity contribution in [3.05, 3.63) is 65.8 Å². The van der Waals surface area contributed by atoms with Crippen molar-refractivity contribution < 1.29 is 11.3 Å². The third kappa shape index (κ3) is 2.39. The number of para-hydroxylation sites is 1. The summed E-state index contributed by atoms with van der Waals surface area (Å²) in [5.74, 6) is -1.07. The topological polar surface area (TPSA) is 42.2 Å². The van der Waals surface area contributed by atoms with Gasteiger partial charge in [0, 0.05) is 17.2 Å². The smallest absolute Gasteiger partial charge is 0.337 e. The van der Waals surface area contributed by atoms with E-state index in [1.807, 2.05) is 36.4 Å². The Labute approximate surface area is 131 Å².